The molecule has 0 unspecified atom stereocenters. The highest BCUT2D eigenvalue weighted by atomic mass is 16.2. The Balaban J connectivity index is -0.0000000575. The van der Waals surface area contributed by atoms with Crippen LogP contribution in [0.25, 0.3) is 0 Å². The van der Waals surface area contributed by atoms with E-state index in [1.165, 1.54) is 0 Å². The molecule has 6 heteroatoms. The minimum absolute atomic E-state index is 0. The standard InChI is InChI=1S/CH4N2O.CHNO.H2O/c2-1(3)4;2-1-3;/h(H4,2,3,4);2H;1H2. The van der Waals surface area contributed by atoms with Crippen LogP contribution < -0.4 is 11.5 Å². The van der Waals surface area contributed by atoms with Gasteiger partial charge < -0.3 is 16.9 Å². The number of primary amides is 2. The fourth-order valence-electron chi connectivity index (χ4n) is 0. The van der Waals surface area contributed by atoms with E-state index in [-0.39, 0.29) is 5.48 Å². The Morgan fingerprint density at radius 3 is 1.50 bits per heavy atom. The van der Waals surface area contributed by atoms with Crippen LogP contribution in [0.15, 0.2) is 0 Å². The van der Waals surface area contributed by atoms with Crippen molar-refractivity contribution in [3.05, 3.63) is 0 Å². The first-order chi connectivity index (χ1) is 3.15. The molecule has 0 bridgehead atoms. The van der Waals surface area contributed by atoms with Gasteiger partial charge in [0, 0.05) is 0 Å². The maximum atomic E-state index is 9.00. The highest BCUT2D eigenvalue weighted by molar-refractivity contribution is 5.69. The number of nitrogens with two attached hydrogens (primary N) is 2. The average Bonchev–Trinajstić information content (AvgIpc) is 1.33. The SMILES string of the molecule is N=C=O.NC(N)=O.O. The molecule has 0 radical (unpaired) electrons. The average molecular weight is 121 g/mol. The summed E-state index contributed by atoms with van der Waals surface area (Å²) in [6.45, 7) is 0. The van der Waals surface area contributed by atoms with Gasteiger partial charge in [-0.2, -0.15) is 0 Å². The van der Waals surface area contributed by atoms with Gasteiger partial charge in [-0.1, -0.05) is 0 Å². The lowest BCUT2D eigenvalue weighted by Crippen LogP contribution is -2.18. The number of urea groups is 1. The minimum atomic E-state index is -0.833. The summed E-state index contributed by atoms with van der Waals surface area (Å²) in [4.78, 5) is 17.3. The zero-order valence-corrected chi connectivity index (χ0v) is 3.97. The fraction of sp³-hybridized carbons (Fsp3) is 0. The highest BCUT2D eigenvalue weighted by Gasteiger charge is 1.60. The summed E-state index contributed by atoms with van der Waals surface area (Å²) in [7, 11) is 0. The monoisotopic (exact) mass is 121 g/mol. The Bertz CT molecular complexity index is 80.5. The normalized spacial score (nSPS) is 4.00. The van der Waals surface area contributed by atoms with Crippen LogP contribution in [-0.4, -0.2) is 17.6 Å². The lowest BCUT2D eigenvalue weighted by Gasteiger charge is -1.62. The van der Waals surface area contributed by atoms with Crippen molar-refractivity contribution < 1.29 is 15.1 Å². The van der Waals surface area contributed by atoms with Gasteiger partial charge in [0.15, 0.2) is 0 Å². The van der Waals surface area contributed by atoms with Gasteiger partial charge in [0.2, 0.25) is 6.08 Å². The second-order valence-electron chi connectivity index (χ2n) is 0.504. The van der Waals surface area contributed by atoms with E-state index in [4.69, 9.17) is 15.0 Å². The van der Waals surface area contributed by atoms with E-state index < -0.39 is 6.03 Å². The molecule has 0 atom stereocenters. The van der Waals surface area contributed by atoms with Crippen molar-refractivity contribution in [1.29, 1.82) is 5.41 Å². The van der Waals surface area contributed by atoms with Crippen LogP contribution in [-0.2, 0) is 4.79 Å². The first-order valence-electron chi connectivity index (χ1n) is 1.24. The summed E-state index contributed by atoms with van der Waals surface area (Å²) in [5.74, 6) is 0. The number of rotatable bonds is 0. The van der Waals surface area contributed by atoms with Crippen LogP contribution in [0.3, 0.4) is 0 Å². The van der Waals surface area contributed by atoms with Crippen molar-refractivity contribution in [3.8, 4) is 0 Å². The topological polar surface area (TPSA) is 142 Å². The largest absolute Gasteiger partial charge is 0.412 e. The number of amides is 2. The van der Waals surface area contributed by atoms with Gasteiger partial charge in [-0.05, 0) is 0 Å². The predicted octanol–water partition coefficient (Wildman–Crippen LogP) is -1.90. The third-order valence-corrected chi connectivity index (χ3v) is 0. The third-order valence-electron chi connectivity index (χ3n) is 0. The minimum Gasteiger partial charge on any atom is -0.412 e. The third kappa shape index (κ3) is 31.1. The van der Waals surface area contributed by atoms with Crippen molar-refractivity contribution in [2.45, 2.75) is 0 Å². The van der Waals surface area contributed by atoms with E-state index in [9.17, 15) is 0 Å². The molecule has 0 rings (SSSR count). The van der Waals surface area contributed by atoms with E-state index in [1.807, 2.05) is 0 Å². The lowest BCUT2D eigenvalue weighted by atomic mass is 11.2. The maximum absolute atomic E-state index is 9.00. The molecular weight excluding hydrogens is 114 g/mol. The number of isocyanates is 1. The molecule has 2 amide bonds. The second kappa shape index (κ2) is 17.5. The Morgan fingerprint density at radius 1 is 1.50 bits per heavy atom. The summed E-state index contributed by atoms with van der Waals surface area (Å²) >= 11 is 0. The number of hydrogen-bond donors (Lipinski definition) is 3. The van der Waals surface area contributed by atoms with Crippen molar-refractivity contribution in [3.63, 3.8) is 0 Å². The molecule has 0 heterocycles. The van der Waals surface area contributed by atoms with Crippen molar-refractivity contribution in [1.82, 2.24) is 0 Å². The summed E-state index contributed by atoms with van der Waals surface area (Å²) < 4.78 is 0. The Kier molecular flexibility index (Phi) is 34.9. The van der Waals surface area contributed by atoms with Crippen LogP contribution >= 0.6 is 0 Å². The van der Waals surface area contributed by atoms with Gasteiger partial charge in [0.05, 0.1) is 0 Å². The van der Waals surface area contributed by atoms with E-state index >= 15 is 0 Å². The Labute approximate surface area is 45.3 Å². The smallest absolute Gasteiger partial charge is 0.309 e. The second-order valence-corrected chi connectivity index (χ2v) is 0.504. The maximum Gasteiger partial charge on any atom is 0.309 e. The molecule has 8 heavy (non-hydrogen) atoms. The van der Waals surface area contributed by atoms with Gasteiger partial charge in [-0.3, -0.25) is 0 Å². The summed E-state index contributed by atoms with van der Waals surface area (Å²) in [5, 5.41) is 5.40. The molecule has 0 aromatic heterocycles. The molecule has 0 aromatic rings. The van der Waals surface area contributed by atoms with Gasteiger partial charge >= 0.3 is 6.03 Å². The summed E-state index contributed by atoms with van der Waals surface area (Å²) in [5.41, 5.74) is 8.50. The lowest BCUT2D eigenvalue weighted by molar-refractivity contribution is 0.256. The van der Waals surface area contributed by atoms with E-state index in [0.717, 1.165) is 6.08 Å². The van der Waals surface area contributed by atoms with Gasteiger partial charge in [-0.25, -0.2) is 15.0 Å². The fourth-order valence-corrected chi connectivity index (χ4v) is 0. The molecule has 0 aliphatic rings. The zero-order chi connectivity index (χ0) is 6.28. The van der Waals surface area contributed by atoms with E-state index in [0.29, 0.717) is 0 Å². The van der Waals surface area contributed by atoms with Gasteiger partial charge in [0.25, 0.3) is 0 Å². The number of carbonyl (C=O) groups excluding carboxylic acids is 2. The van der Waals surface area contributed by atoms with Gasteiger partial charge in [-0.15, -0.1) is 0 Å². The van der Waals surface area contributed by atoms with Crippen LogP contribution in [0.2, 0.25) is 0 Å². The molecular formula is C2H7N3O3. The zero-order valence-electron chi connectivity index (χ0n) is 3.97. The highest BCUT2D eigenvalue weighted by Crippen LogP contribution is 1.25. The molecule has 0 saturated carbocycles. The van der Waals surface area contributed by atoms with Crippen molar-refractivity contribution >= 4 is 12.1 Å². The molecule has 0 spiro atoms. The van der Waals surface area contributed by atoms with Crippen LogP contribution in [0.5, 0.6) is 0 Å². The molecule has 0 aromatic carbocycles. The van der Waals surface area contributed by atoms with Crippen molar-refractivity contribution in [2.75, 3.05) is 0 Å². The molecule has 0 aliphatic carbocycles. The molecule has 6 nitrogen and oxygen atoms in total. The van der Waals surface area contributed by atoms with E-state index in [2.05, 4.69) is 11.5 Å². The molecule has 0 fully saturated rings. The summed E-state index contributed by atoms with van der Waals surface area (Å²) in [6.07, 6.45) is 0.750. The van der Waals surface area contributed by atoms with Crippen LogP contribution in [0, 0.1) is 5.41 Å². The summed E-state index contributed by atoms with van der Waals surface area (Å²) in [6, 6.07) is -0.833. The molecule has 0 aliphatic heterocycles. The predicted molar refractivity (Wildman–Crippen MR) is 25.8 cm³/mol. The first-order valence-corrected chi connectivity index (χ1v) is 1.24. The first kappa shape index (κ1) is 16.0. The molecule has 0 saturated heterocycles. The van der Waals surface area contributed by atoms with Crippen LogP contribution in [0.1, 0.15) is 0 Å². The Morgan fingerprint density at radius 2 is 1.50 bits per heavy atom. The quantitative estimate of drug-likeness (QED) is 0.254. The molecule has 48 valence electrons. The van der Waals surface area contributed by atoms with Crippen LogP contribution in [0.4, 0.5) is 4.79 Å². The number of hydrogen-bond acceptors (Lipinski definition) is 3. The number of carbonyl (C=O) groups is 1. The molecule has 7 N–H and O–H groups in total. The number of nitrogens with one attached hydrogen (secondary N) is 1. The van der Waals surface area contributed by atoms with E-state index in [1.54, 1.807) is 0 Å². The van der Waals surface area contributed by atoms with Gasteiger partial charge in [0.1, 0.15) is 0 Å². The Hall–Kier alpha value is -1.39. The van der Waals surface area contributed by atoms with Crippen molar-refractivity contribution in [2.24, 2.45) is 11.5 Å².